The van der Waals surface area contributed by atoms with Gasteiger partial charge in [-0.05, 0) is 40.8 Å². The van der Waals surface area contributed by atoms with Gasteiger partial charge in [0, 0.05) is 0 Å². The number of hydrogen-bond acceptors (Lipinski definition) is 3. The number of carboxylic acids is 1. The van der Waals surface area contributed by atoms with E-state index in [1.165, 1.54) is 12.1 Å². The van der Waals surface area contributed by atoms with Crippen LogP contribution in [0, 0.1) is 14.9 Å². The van der Waals surface area contributed by atoms with Gasteiger partial charge in [0.2, 0.25) is 0 Å². The molecular weight excluding hydrogens is 297 g/mol. The Morgan fingerprint density at radius 3 is 2.93 bits per heavy atom. The van der Waals surface area contributed by atoms with Crippen LogP contribution in [0.3, 0.4) is 0 Å². The molecule has 0 atom stereocenters. The number of benzene rings is 1. The third-order valence-corrected chi connectivity index (χ3v) is 2.36. The second kappa shape index (κ2) is 4.81. The first kappa shape index (κ1) is 10.8. The summed E-state index contributed by atoms with van der Waals surface area (Å²) < 4.78 is 5.83. The van der Waals surface area contributed by atoms with Crippen LogP contribution in [-0.2, 0) is 0 Å². The number of nitriles is 1. The van der Waals surface area contributed by atoms with Crippen molar-refractivity contribution in [2.24, 2.45) is 0 Å². The SMILES string of the molecule is N#CCOc1cc(C(=O)O)ccc1I. The zero-order valence-corrected chi connectivity index (χ0v) is 9.19. The highest BCUT2D eigenvalue weighted by atomic mass is 127. The predicted octanol–water partition coefficient (Wildman–Crippen LogP) is 1.89. The highest BCUT2D eigenvalue weighted by Crippen LogP contribution is 2.22. The summed E-state index contributed by atoms with van der Waals surface area (Å²) in [7, 11) is 0. The molecule has 0 amide bonds. The summed E-state index contributed by atoms with van der Waals surface area (Å²) in [5, 5.41) is 17.0. The molecule has 0 aliphatic heterocycles. The Balaban J connectivity index is 2.97. The van der Waals surface area contributed by atoms with E-state index in [9.17, 15) is 4.79 Å². The summed E-state index contributed by atoms with van der Waals surface area (Å²) in [6, 6.07) is 6.35. The monoisotopic (exact) mass is 303 g/mol. The maximum Gasteiger partial charge on any atom is 0.335 e. The van der Waals surface area contributed by atoms with E-state index in [1.54, 1.807) is 6.07 Å². The van der Waals surface area contributed by atoms with Gasteiger partial charge in [-0.25, -0.2) is 4.79 Å². The molecular formula is C9H6INO3. The predicted molar refractivity (Wildman–Crippen MR) is 57.2 cm³/mol. The van der Waals surface area contributed by atoms with Gasteiger partial charge in [-0.3, -0.25) is 0 Å². The zero-order valence-electron chi connectivity index (χ0n) is 7.03. The second-order valence-corrected chi connectivity index (χ2v) is 3.56. The van der Waals surface area contributed by atoms with E-state index in [2.05, 4.69) is 0 Å². The van der Waals surface area contributed by atoms with Crippen LogP contribution in [0.15, 0.2) is 18.2 Å². The molecule has 0 aliphatic carbocycles. The average molecular weight is 303 g/mol. The van der Waals surface area contributed by atoms with E-state index >= 15 is 0 Å². The van der Waals surface area contributed by atoms with Gasteiger partial charge >= 0.3 is 5.97 Å². The minimum Gasteiger partial charge on any atom is -0.478 e. The molecule has 0 aliphatic rings. The van der Waals surface area contributed by atoms with Crippen LogP contribution in [0.1, 0.15) is 10.4 Å². The van der Waals surface area contributed by atoms with E-state index in [0.29, 0.717) is 5.75 Å². The van der Waals surface area contributed by atoms with Crippen molar-refractivity contribution in [3.63, 3.8) is 0 Å². The van der Waals surface area contributed by atoms with Crippen molar-refractivity contribution in [2.75, 3.05) is 6.61 Å². The fourth-order valence-corrected chi connectivity index (χ4v) is 1.35. The van der Waals surface area contributed by atoms with E-state index < -0.39 is 5.97 Å². The number of halogens is 1. The third kappa shape index (κ3) is 2.60. The Morgan fingerprint density at radius 2 is 2.36 bits per heavy atom. The highest BCUT2D eigenvalue weighted by molar-refractivity contribution is 14.1. The Bertz CT molecular complexity index is 398. The van der Waals surface area contributed by atoms with Gasteiger partial charge in [0.25, 0.3) is 0 Å². The Morgan fingerprint density at radius 1 is 1.64 bits per heavy atom. The number of rotatable bonds is 3. The number of carboxylic acid groups (broad SMARTS) is 1. The lowest BCUT2D eigenvalue weighted by molar-refractivity contribution is 0.0696. The van der Waals surface area contributed by atoms with Crippen LogP contribution >= 0.6 is 22.6 Å². The molecule has 0 unspecified atom stereocenters. The van der Waals surface area contributed by atoms with Gasteiger partial charge in [0.15, 0.2) is 6.61 Å². The number of ether oxygens (including phenoxy) is 1. The number of aromatic carboxylic acids is 1. The average Bonchev–Trinajstić information content (AvgIpc) is 2.16. The molecule has 1 aromatic carbocycles. The summed E-state index contributed by atoms with van der Waals surface area (Å²) in [6.07, 6.45) is 0. The first-order valence-electron chi connectivity index (χ1n) is 3.67. The fourth-order valence-electron chi connectivity index (χ4n) is 0.857. The topological polar surface area (TPSA) is 70.3 Å². The van der Waals surface area contributed by atoms with Gasteiger partial charge in [-0.1, -0.05) is 0 Å². The van der Waals surface area contributed by atoms with Crippen LogP contribution < -0.4 is 4.74 Å². The molecule has 14 heavy (non-hydrogen) atoms. The third-order valence-electron chi connectivity index (χ3n) is 1.47. The largest absolute Gasteiger partial charge is 0.478 e. The van der Waals surface area contributed by atoms with Crippen molar-refractivity contribution in [3.05, 3.63) is 27.3 Å². The summed E-state index contributed by atoms with van der Waals surface area (Å²) in [4.78, 5) is 10.6. The summed E-state index contributed by atoms with van der Waals surface area (Å²) in [5.74, 6) is -0.588. The standard InChI is InChI=1S/C9H6INO3/c10-7-2-1-6(9(12)13)5-8(7)14-4-3-11/h1-2,5H,4H2,(H,12,13). The van der Waals surface area contributed by atoms with Crippen LogP contribution in [0.2, 0.25) is 0 Å². The van der Waals surface area contributed by atoms with Crippen molar-refractivity contribution in [1.82, 2.24) is 0 Å². The van der Waals surface area contributed by atoms with Crippen LogP contribution in [0.5, 0.6) is 5.75 Å². The van der Waals surface area contributed by atoms with Gasteiger partial charge < -0.3 is 9.84 Å². The Kier molecular flexibility index (Phi) is 3.71. The molecule has 0 saturated heterocycles. The zero-order chi connectivity index (χ0) is 10.6. The molecule has 0 radical (unpaired) electrons. The van der Waals surface area contributed by atoms with Gasteiger partial charge in [0.1, 0.15) is 11.8 Å². The Hall–Kier alpha value is -1.29. The molecule has 4 nitrogen and oxygen atoms in total. The van der Waals surface area contributed by atoms with Gasteiger partial charge in [0.05, 0.1) is 9.13 Å². The lowest BCUT2D eigenvalue weighted by Crippen LogP contribution is -2.00. The molecule has 1 aromatic rings. The fraction of sp³-hybridized carbons (Fsp3) is 0.111. The van der Waals surface area contributed by atoms with Gasteiger partial charge in [-0.15, -0.1) is 0 Å². The maximum atomic E-state index is 10.6. The van der Waals surface area contributed by atoms with Crippen molar-refractivity contribution in [1.29, 1.82) is 5.26 Å². The normalized spacial score (nSPS) is 9.14. The molecule has 1 N–H and O–H groups in total. The second-order valence-electron chi connectivity index (χ2n) is 2.40. The summed E-state index contributed by atoms with van der Waals surface area (Å²) in [6.45, 7) is -0.0843. The van der Waals surface area contributed by atoms with Gasteiger partial charge in [-0.2, -0.15) is 5.26 Å². The molecule has 0 bridgehead atoms. The molecule has 0 saturated carbocycles. The molecule has 1 rings (SSSR count). The number of nitrogens with zero attached hydrogens (tertiary/aromatic N) is 1. The molecule has 0 spiro atoms. The maximum absolute atomic E-state index is 10.6. The lowest BCUT2D eigenvalue weighted by Gasteiger charge is -2.04. The van der Waals surface area contributed by atoms with Crippen LogP contribution in [-0.4, -0.2) is 17.7 Å². The highest BCUT2D eigenvalue weighted by Gasteiger charge is 2.07. The van der Waals surface area contributed by atoms with Crippen molar-refractivity contribution in [2.45, 2.75) is 0 Å². The quantitative estimate of drug-likeness (QED) is 0.866. The van der Waals surface area contributed by atoms with Crippen LogP contribution in [0.25, 0.3) is 0 Å². The van der Waals surface area contributed by atoms with Crippen molar-refractivity contribution in [3.8, 4) is 11.8 Å². The first-order valence-corrected chi connectivity index (χ1v) is 4.75. The number of carbonyl (C=O) groups is 1. The molecule has 0 fully saturated rings. The molecule has 0 aromatic heterocycles. The minimum absolute atomic E-state index is 0.0843. The molecule has 0 heterocycles. The smallest absolute Gasteiger partial charge is 0.335 e. The van der Waals surface area contributed by atoms with E-state index in [4.69, 9.17) is 15.1 Å². The van der Waals surface area contributed by atoms with E-state index in [0.717, 1.165) is 3.57 Å². The van der Waals surface area contributed by atoms with Crippen molar-refractivity contribution < 1.29 is 14.6 Å². The first-order chi connectivity index (χ1) is 6.65. The Labute approximate surface area is 94.2 Å². The number of hydrogen-bond donors (Lipinski definition) is 1. The minimum atomic E-state index is -1.01. The van der Waals surface area contributed by atoms with E-state index in [-0.39, 0.29) is 12.2 Å². The van der Waals surface area contributed by atoms with Crippen molar-refractivity contribution >= 4 is 28.6 Å². The molecule has 72 valence electrons. The summed E-state index contributed by atoms with van der Waals surface area (Å²) >= 11 is 2.01. The lowest BCUT2D eigenvalue weighted by atomic mass is 10.2. The van der Waals surface area contributed by atoms with E-state index in [1.807, 2.05) is 28.7 Å². The van der Waals surface area contributed by atoms with Crippen LogP contribution in [0.4, 0.5) is 0 Å². The molecule has 5 heteroatoms. The summed E-state index contributed by atoms with van der Waals surface area (Å²) in [5.41, 5.74) is 0.151.